The Morgan fingerprint density at radius 2 is 1.33 bits per heavy atom. The van der Waals surface area contributed by atoms with Gasteiger partial charge < -0.3 is 44.6 Å². The van der Waals surface area contributed by atoms with Crippen LogP contribution < -0.4 is 10.6 Å². The van der Waals surface area contributed by atoms with Crippen LogP contribution in [0.4, 0.5) is 9.59 Å². The van der Waals surface area contributed by atoms with E-state index < -0.39 is 18.2 Å². The van der Waals surface area contributed by atoms with Crippen LogP contribution in [0.25, 0.3) is 44.4 Å². The summed E-state index contributed by atoms with van der Waals surface area (Å²) in [4.78, 5) is 69.4. The highest BCUT2D eigenvalue weighted by molar-refractivity contribution is 5.91. The van der Waals surface area contributed by atoms with E-state index in [2.05, 4.69) is 91.3 Å². The van der Waals surface area contributed by atoms with Crippen molar-refractivity contribution in [1.29, 1.82) is 0 Å². The average molecular weight is 897 g/mol. The summed E-state index contributed by atoms with van der Waals surface area (Å²) in [6.45, 7) is 13.1. The molecule has 4 amide bonds. The molecule has 1 unspecified atom stereocenters. The predicted octanol–water partition coefficient (Wildman–Crippen LogP) is 8.82. The van der Waals surface area contributed by atoms with Crippen molar-refractivity contribution >= 4 is 34.8 Å². The highest BCUT2D eigenvalue weighted by atomic mass is 16.5. The quantitative estimate of drug-likeness (QED) is 0.0690. The van der Waals surface area contributed by atoms with E-state index in [1.165, 1.54) is 27.1 Å². The Morgan fingerprint density at radius 3 is 1.91 bits per heavy atom. The van der Waals surface area contributed by atoms with Crippen LogP contribution >= 0.6 is 0 Å². The smallest absolute Gasteiger partial charge is 0.407 e. The van der Waals surface area contributed by atoms with E-state index in [0.717, 1.165) is 75.5 Å². The zero-order valence-electron chi connectivity index (χ0n) is 38.4. The van der Waals surface area contributed by atoms with Crippen LogP contribution in [0.3, 0.4) is 0 Å². The molecule has 66 heavy (non-hydrogen) atoms. The molecule has 6 aromatic rings. The lowest BCUT2D eigenvalue weighted by Crippen LogP contribution is -2.43. The molecule has 1 aliphatic rings. The number of rotatable bonds is 16. The zero-order chi connectivity index (χ0) is 47.0. The van der Waals surface area contributed by atoms with Gasteiger partial charge in [0.1, 0.15) is 24.2 Å². The summed E-state index contributed by atoms with van der Waals surface area (Å²) >= 11 is 0. The Bertz CT molecular complexity index is 2570. The molecule has 1 aliphatic heterocycles. The summed E-state index contributed by atoms with van der Waals surface area (Å²) in [5.41, 5.74) is 7.11. The maximum absolute atomic E-state index is 13.8. The number of carbonyl (C=O) groups excluding carboxylic acids is 4. The third-order valence-corrected chi connectivity index (χ3v) is 11.1. The minimum atomic E-state index is -0.906. The minimum absolute atomic E-state index is 0.199. The van der Waals surface area contributed by atoms with Crippen LogP contribution in [0, 0.1) is 5.92 Å². The molecule has 0 bridgehead atoms. The van der Waals surface area contributed by atoms with Gasteiger partial charge in [0, 0.05) is 31.9 Å². The first kappa shape index (κ1) is 48.2. The number of imidazole rings is 2. The Morgan fingerprint density at radius 1 is 0.773 bits per heavy atom. The van der Waals surface area contributed by atoms with E-state index in [-0.39, 0.29) is 31.4 Å². The first-order valence-electron chi connectivity index (χ1n) is 22.2. The molecule has 15 heteroatoms. The van der Waals surface area contributed by atoms with Crippen LogP contribution in [-0.2, 0) is 36.9 Å². The number of nitrogens with zero attached hydrogens (tertiary/aromatic N) is 4. The molecular formula is C51H60N8O7. The van der Waals surface area contributed by atoms with E-state index in [1.807, 2.05) is 50.2 Å². The van der Waals surface area contributed by atoms with Crippen molar-refractivity contribution in [2.45, 2.75) is 59.2 Å². The standard InChI is InChI=1S/C45H48N8O6.C6H12O/c1-6-20-52(43(55)42(51-45(57)59-5)32-10-8-7-9-11-32)27-39-47-24-38(50-39)36-19-18-34-21-33(16-17-35(34)22-36)30-12-14-31(15-13-30)37-23-46-40(49-37)28-53(26-29(2)3)41(54)25-48-44(56)58-4;1-6-2-4-7-5-3-6/h7-19,21-24,42H,2,6,20,25-28H2,1,3-5H3,(H,46,49)(H,47,50)(H,48,56)(H,51,57);6H,2-5H2,1H3. The molecule has 4 aromatic carbocycles. The van der Waals surface area contributed by atoms with Crippen molar-refractivity contribution in [2.24, 2.45) is 5.92 Å². The van der Waals surface area contributed by atoms with Gasteiger partial charge in [-0.05, 0) is 77.3 Å². The fourth-order valence-corrected chi connectivity index (χ4v) is 7.51. The fraction of sp³-hybridized carbons (Fsp3) is 0.333. The van der Waals surface area contributed by atoms with Crippen molar-refractivity contribution < 1.29 is 33.4 Å². The molecule has 7 rings (SSSR count). The molecule has 0 radical (unpaired) electrons. The Hall–Kier alpha value is -7.26. The summed E-state index contributed by atoms with van der Waals surface area (Å²) in [6.07, 6.45) is 5.40. The number of aromatic amines is 2. The third kappa shape index (κ3) is 13.4. The maximum atomic E-state index is 13.8. The number of carbonyl (C=O) groups is 4. The molecule has 346 valence electrons. The topological polar surface area (TPSA) is 184 Å². The number of ether oxygens (including phenoxy) is 3. The second-order valence-corrected chi connectivity index (χ2v) is 16.4. The monoisotopic (exact) mass is 896 g/mol. The number of fused-ring (bicyclic) bond motifs is 1. The summed E-state index contributed by atoms with van der Waals surface area (Å²) in [7, 11) is 2.51. The normalized spacial score (nSPS) is 12.9. The molecule has 3 heterocycles. The Labute approximate surface area is 386 Å². The molecule has 0 saturated carbocycles. The second kappa shape index (κ2) is 23.6. The number of methoxy groups -OCH3 is 2. The second-order valence-electron chi connectivity index (χ2n) is 16.4. The average Bonchev–Trinajstić information content (AvgIpc) is 4.02. The summed E-state index contributed by atoms with van der Waals surface area (Å²) in [5.74, 6) is 1.60. The number of hydrogen-bond acceptors (Lipinski definition) is 9. The van der Waals surface area contributed by atoms with Gasteiger partial charge in [0.15, 0.2) is 0 Å². The number of hydrogen-bond donors (Lipinski definition) is 4. The lowest BCUT2D eigenvalue weighted by molar-refractivity contribution is -0.134. The number of H-pyrrole nitrogens is 2. The summed E-state index contributed by atoms with van der Waals surface area (Å²) in [6, 6.07) is 29.0. The molecule has 2 aromatic heterocycles. The molecule has 4 N–H and O–H groups in total. The van der Waals surface area contributed by atoms with Gasteiger partial charge in [-0.3, -0.25) is 9.59 Å². The first-order valence-corrected chi connectivity index (χ1v) is 22.2. The van der Waals surface area contributed by atoms with Crippen LogP contribution in [-0.4, -0.2) is 101 Å². The molecule has 0 aliphatic carbocycles. The number of aromatic nitrogens is 4. The van der Waals surface area contributed by atoms with Gasteiger partial charge in [0.05, 0.1) is 51.1 Å². The molecule has 0 spiro atoms. The van der Waals surface area contributed by atoms with Gasteiger partial charge in [0.2, 0.25) is 11.8 Å². The van der Waals surface area contributed by atoms with Crippen LogP contribution in [0.1, 0.15) is 63.3 Å². The number of benzene rings is 4. The van der Waals surface area contributed by atoms with E-state index in [0.29, 0.717) is 30.3 Å². The lowest BCUT2D eigenvalue weighted by Gasteiger charge is -2.27. The van der Waals surface area contributed by atoms with Crippen molar-refractivity contribution in [3.05, 3.63) is 133 Å². The van der Waals surface area contributed by atoms with Gasteiger partial charge >= 0.3 is 12.2 Å². The highest BCUT2D eigenvalue weighted by Gasteiger charge is 2.28. The maximum Gasteiger partial charge on any atom is 0.407 e. The predicted molar refractivity (Wildman–Crippen MR) is 255 cm³/mol. The van der Waals surface area contributed by atoms with Crippen molar-refractivity contribution in [2.75, 3.05) is 47.1 Å². The minimum Gasteiger partial charge on any atom is -0.453 e. The van der Waals surface area contributed by atoms with Gasteiger partial charge in [-0.1, -0.05) is 105 Å². The molecule has 1 saturated heterocycles. The number of amides is 4. The van der Waals surface area contributed by atoms with E-state index >= 15 is 0 Å². The van der Waals surface area contributed by atoms with Crippen molar-refractivity contribution in [3.63, 3.8) is 0 Å². The van der Waals surface area contributed by atoms with E-state index in [4.69, 9.17) is 9.47 Å². The lowest BCUT2D eigenvalue weighted by atomic mass is 9.98. The van der Waals surface area contributed by atoms with E-state index in [1.54, 1.807) is 34.3 Å². The Balaban J connectivity index is 0.000000939. The Kier molecular flexibility index (Phi) is 17.2. The van der Waals surface area contributed by atoms with Crippen LogP contribution in [0.5, 0.6) is 0 Å². The van der Waals surface area contributed by atoms with Crippen molar-refractivity contribution in [1.82, 2.24) is 40.4 Å². The van der Waals surface area contributed by atoms with Crippen LogP contribution in [0.15, 0.2) is 116 Å². The van der Waals surface area contributed by atoms with Crippen LogP contribution in [0.2, 0.25) is 0 Å². The van der Waals surface area contributed by atoms with Crippen molar-refractivity contribution in [3.8, 4) is 33.6 Å². The van der Waals surface area contributed by atoms with Gasteiger partial charge in [0.25, 0.3) is 0 Å². The largest absolute Gasteiger partial charge is 0.453 e. The zero-order valence-corrected chi connectivity index (χ0v) is 38.4. The molecule has 1 fully saturated rings. The molecular weight excluding hydrogens is 837 g/mol. The van der Waals surface area contributed by atoms with Gasteiger partial charge in [-0.15, -0.1) is 0 Å². The van der Waals surface area contributed by atoms with E-state index in [9.17, 15) is 19.2 Å². The molecule has 15 nitrogen and oxygen atoms in total. The molecule has 1 atom stereocenters. The fourth-order valence-electron chi connectivity index (χ4n) is 7.51. The highest BCUT2D eigenvalue weighted by Crippen LogP contribution is 2.30. The third-order valence-electron chi connectivity index (χ3n) is 11.1. The number of alkyl carbamates (subject to hydrolysis) is 2. The summed E-state index contributed by atoms with van der Waals surface area (Å²) in [5, 5.41) is 7.25. The number of nitrogens with one attached hydrogen (secondary N) is 4. The first-order chi connectivity index (χ1) is 31.9. The van der Waals surface area contributed by atoms with Gasteiger partial charge in [-0.25, -0.2) is 19.6 Å². The van der Waals surface area contributed by atoms with Gasteiger partial charge in [-0.2, -0.15) is 0 Å². The SMILES string of the molecule is C=C(C)CN(Cc1ncc(-c2ccc(-c3ccc4cc(-c5cnc(CN(CCC)C(=O)C(NC(=O)OC)c6ccccc6)[nH]5)ccc4c3)cc2)[nH]1)C(=O)CNC(=O)OC.CC1CCOCC1. The summed E-state index contributed by atoms with van der Waals surface area (Å²) < 4.78 is 14.5.